The lowest BCUT2D eigenvalue weighted by Gasteiger charge is -2.35. The monoisotopic (exact) mass is 1310 g/mol. The number of likely N-dealkylation sites (N-methyl/N-ethyl adjacent to an activating group) is 1. The average molecular weight is 1320 g/mol. The predicted octanol–water partition coefficient (Wildman–Crippen LogP) is 10.5. The quantitative estimate of drug-likeness (QED) is 0.203. The molecule has 90 heavy (non-hydrogen) atoms. The van der Waals surface area contributed by atoms with Crippen molar-refractivity contribution in [2.75, 3.05) is 177 Å². The number of piperazine rings is 3. The molecule has 0 radical (unpaired) electrons. The highest BCUT2D eigenvalue weighted by molar-refractivity contribution is 7.88. The van der Waals surface area contributed by atoms with E-state index in [9.17, 15) is 16.8 Å². The van der Waals surface area contributed by atoms with E-state index in [1.807, 2.05) is 0 Å². The van der Waals surface area contributed by atoms with Gasteiger partial charge in [-0.2, -0.15) is 4.31 Å². The van der Waals surface area contributed by atoms with Crippen molar-refractivity contribution < 1.29 is 21.6 Å². The molecular formula is C72H151N11O5S2. The Morgan fingerprint density at radius 2 is 0.856 bits per heavy atom. The second-order valence-corrected chi connectivity index (χ2v) is 36.1. The van der Waals surface area contributed by atoms with Crippen LogP contribution in [0.2, 0.25) is 0 Å². The summed E-state index contributed by atoms with van der Waals surface area (Å²) in [4.78, 5) is 17.4. The molecule has 11 aliphatic rings. The number of ether oxygens (including phenoxy) is 1. The van der Waals surface area contributed by atoms with E-state index in [0.717, 1.165) is 117 Å². The summed E-state index contributed by atoms with van der Waals surface area (Å²) >= 11 is 0. The van der Waals surface area contributed by atoms with Gasteiger partial charge in [-0.3, -0.25) is 14.7 Å². The molecule has 10 saturated heterocycles. The number of nitrogens with one attached hydrogen (secondary N) is 2. The summed E-state index contributed by atoms with van der Waals surface area (Å²) in [5.74, 6) is 8.41. The van der Waals surface area contributed by atoms with E-state index in [2.05, 4.69) is 184 Å². The zero-order chi connectivity index (χ0) is 67.5. The lowest BCUT2D eigenvalue weighted by molar-refractivity contribution is 0.0852. The summed E-state index contributed by atoms with van der Waals surface area (Å²) in [5.41, 5.74) is 0.398. The number of hydrogen-bond donors (Lipinski definition) is 2. The summed E-state index contributed by atoms with van der Waals surface area (Å²) < 4.78 is 53.4. The van der Waals surface area contributed by atoms with Gasteiger partial charge in [0.15, 0.2) is 0 Å². The highest BCUT2D eigenvalue weighted by Gasteiger charge is 2.50. The highest BCUT2D eigenvalue weighted by atomic mass is 32.2. The van der Waals surface area contributed by atoms with Crippen LogP contribution in [0.1, 0.15) is 195 Å². The molecule has 18 heteroatoms. The lowest BCUT2D eigenvalue weighted by Crippen LogP contribution is -2.50. The van der Waals surface area contributed by atoms with Gasteiger partial charge in [-0.1, -0.05) is 69.2 Å². The third-order valence-corrected chi connectivity index (χ3v) is 24.6. The summed E-state index contributed by atoms with van der Waals surface area (Å²) in [6.45, 7) is 66.5. The van der Waals surface area contributed by atoms with E-state index in [1.54, 1.807) is 8.61 Å². The number of hydrogen-bond acceptors (Lipinski definition) is 14. The van der Waals surface area contributed by atoms with Crippen LogP contribution in [0.15, 0.2) is 0 Å². The van der Waals surface area contributed by atoms with Gasteiger partial charge in [0.05, 0.1) is 24.7 Å². The van der Waals surface area contributed by atoms with Crippen LogP contribution < -0.4 is 10.6 Å². The standard InChI is InChI=1S/C10H19N.C9H16O.C8H18N2O2S.C8H18N2.C8H17NO2S.C8H17N.C7H16N2.2C7H15N/c1-8(2)9-6-10-4-3-5-11(10)7-9;1-7(2)8-5-9(3-4-9)10-6-8;1-8(2)9-4-6-10(7-5-9)13(3,11)12;1-8(2)10-6-4-9(3)5-7-10;1-7(2)8-4-5-9(6-8)12(3,10)11;1-7(2)8-4-5-9(3)6-8;1-7(2)9-5-3-8-4-6-9;1-6(2)7-3-4-8-5-7;1-7(2)8-5-3-4-6-8/h8-10H,3-7H2,1-2H3;7-8H,3-6H2,1-2H3;8H,4-7H2,1-3H3;8H,4-7H2,1-3H3;7-8H,4-6H2,1-3H3;7-8H,4-6H2,1-3H3;7-8H,3-6H2,1-2H3;6-8H,3-5H2,1-2H3;7H,3-6H2,1-2H3. The summed E-state index contributed by atoms with van der Waals surface area (Å²) in [7, 11) is -1.50. The Kier molecular flexibility index (Phi) is 39.3. The summed E-state index contributed by atoms with van der Waals surface area (Å²) in [5, 5.41) is 6.68. The van der Waals surface area contributed by atoms with Crippen LogP contribution in [-0.2, 0) is 24.8 Å². The molecule has 1 spiro atoms. The van der Waals surface area contributed by atoms with E-state index >= 15 is 0 Å². The molecule has 0 amide bonds. The van der Waals surface area contributed by atoms with E-state index in [4.69, 9.17) is 4.74 Å². The van der Waals surface area contributed by atoms with Crippen LogP contribution in [0.4, 0.5) is 0 Å². The normalized spacial score (nSPS) is 28.1. The molecule has 1 aliphatic carbocycles. The van der Waals surface area contributed by atoms with Crippen LogP contribution in [0.25, 0.3) is 0 Å². The number of rotatable bonds is 11. The maximum atomic E-state index is 11.2. The van der Waals surface area contributed by atoms with Crippen molar-refractivity contribution in [3.8, 4) is 0 Å². The molecule has 0 aromatic carbocycles. The minimum atomic E-state index is -2.97. The van der Waals surface area contributed by atoms with Gasteiger partial charge in [-0.05, 0) is 239 Å². The molecule has 11 rings (SSSR count). The van der Waals surface area contributed by atoms with Gasteiger partial charge in [0, 0.05) is 135 Å². The minimum Gasteiger partial charge on any atom is -0.375 e. The molecular weight excluding hydrogens is 1160 g/mol. The molecule has 536 valence electrons. The topological polar surface area (TPSA) is 131 Å². The largest absolute Gasteiger partial charge is 0.375 e. The summed E-state index contributed by atoms with van der Waals surface area (Å²) in [6.07, 6.45) is 17.6. The second kappa shape index (κ2) is 42.3. The smallest absolute Gasteiger partial charge is 0.211 e. The van der Waals surface area contributed by atoms with Crippen molar-refractivity contribution in [2.45, 2.75) is 231 Å². The number of likely N-dealkylation sites (tertiary alicyclic amines) is 2. The SMILES string of the molecule is CC(C)C1CC2CCCN2C1.CC(C)C1CCN(C)C1.CC(C)C1CCN(S(C)(=O)=O)C1.CC(C)C1CCNC1.CC(C)C1COC2(CC2)C1.CC(C)N1CCCC1.CC(C)N1CCN(C)CC1.CC(C)N1CCN(S(C)(=O)=O)CC1.CC(C)N1CCNCC1. The fourth-order valence-corrected chi connectivity index (χ4v) is 15.8. The van der Waals surface area contributed by atoms with E-state index in [1.165, 1.54) is 168 Å². The first-order valence-corrected chi connectivity index (χ1v) is 40.8. The van der Waals surface area contributed by atoms with E-state index in [-0.39, 0.29) is 0 Å². The predicted molar refractivity (Wildman–Crippen MR) is 387 cm³/mol. The molecule has 2 N–H and O–H groups in total. The number of fused-ring (bicyclic) bond motifs is 1. The molecule has 0 bridgehead atoms. The Labute approximate surface area is 559 Å². The van der Waals surface area contributed by atoms with Crippen LogP contribution in [0, 0.1) is 59.2 Å². The maximum absolute atomic E-state index is 11.2. The van der Waals surface area contributed by atoms with Crippen molar-refractivity contribution in [3.05, 3.63) is 0 Å². The third-order valence-electron chi connectivity index (χ3n) is 22.0. The second-order valence-electron chi connectivity index (χ2n) is 32.1. The first kappa shape index (κ1) is 83.6. The fraction of sp³-hybridized carbons (Fsp3) is 1.00. The van der Waals surface area contributed by atoms with E-state index in [0.29, 0.717) is 43.1 Å². The molecule has 10 heterocycles. The molecule has 0 aromatic heterocycles. The van der Waals surface area contributed by atoms with Gasteiger partial charge < -0.3 is 35.0 Å². The number of sulfonamides is 2. The molecule has 0 aromatic rings. The van der Waals surface area contributed by atoms with Crippen LogP contribution in [0.5, 0.6) is 0 Å². The molecule has 6 unspecified atom stereocenters. The first-order valence-electron chi connectivity index (χ1n) is 37.2. The average Bonchev–Trinajstić information content (AvgIpc) is 1.64. The Morgan fingerprint density at radius 1 is 0.400 bits per heavy atom. The Bertz CT molecular complexity index is 2020. The molecule has 11 fully saturated rings. The van der Waals surface area contributed by atoms with Crippen molar-refractivity contribution >= 4 is 20.0 Å². The molecule has 10 aliphatic heterocycles. The van der Waals surface area contributed by atoms with Crippen molar-refractivity contribution in [1.29, 1.82) is 0 Å². The van der Waals surface area contributed by atoms with Crippen LogP contribution in [-0.4, -0.2) is 273 Å². The highest BCUT2D eigenvalue weighted by Crippen LogP contribution is 2.50. The van der Waals surface area contributed by atoms with Crippen molar-refractivity contribution in [2.24, 2.45) is 59.2 Å². The fourth-order valence-electron chi connectivity index (χ4n) is 14.1. The first-order chi connectivity index (χ1) is 42.1. The Hall–Kier alpha value is -0.580. The Morgan fingerprint density at radius 3 is 1.18 bits per heavy atom. The van der Waals surface area contributed by atoms with Gasteiger partial charge in [0.2, 0.25) is 20.0 Å². The van der Waals surface area contributed by atoms with Crippen molar-refractivity contribution in [3.63, 3.8) is 0 Å². The van der Waals surface area contributed by atoms with Gasteiger partial charge in [-0.15, -0.1) is 0 Å². The van der Waals surface area contributed by atoms with Gasteiger partial charge in [0.25, 0.3) is 0 Å². The van der Waals surface area contributed by atoms with Gasteiger partial charge in [-0.25, -0.2) is 21.1 Å². The lowest BCUT2D eigenvalue weighted by atomic mass is 9.92. The maximum Gasteiger partial charge on any atom is 0.211 e. The summed E-state index contributed by atoms with van der Waals surface area (Å²) in [6, 6.07) is 3.72. The van der Waals surface area contributed by atoms with Gasteiger partial charge >= 0.3 is 0 Å². The molecule has 16 nitrogen and oxygen atoms in total. The van der Waals surface area contributed by atoms with Crippen LogP contribution in [0.3, 0.4) is 0 Å². The third kappa shape index (κ3) is 32.6. The molecule has 6 atom stereocenters. The molecule has 1 saturated carbocycles. The zero-order valence-electron chi connectivity index (χ0n) is 63.1. The minimum absolute atomic E-state index is 0.398. The zero-order valence-corrected chi connectivity index (χ0v) is 64.7. The van der Waals surface area contributed by atoms with Gasteiger partial charge in [0.1, 0.15) is 0 Å². The van der Waals surface area contributed by atoms with E-state index < -0.39 is 20.0 Å². The van der Waals surface area contributed by atoms with Crippen LogP contribution >= 0.6 is 0 Å². The Balaban J connectivity index is 0.000000266. The number of nitrogens with zero attached hydrogens (tertiary/aromatic N) is 9. The van der Waals surface area contributed by atoms with Crippen molar-refractivity contribution in [1.82, 2.24) is 53.5 Å².